The van der Waals surface area contributed by atoms with E-state index >= 15 is 0 Å². The third-order valence-corrected chi connectivity index (χ3v) is 4.78. The molecule has 136 valence electrons. The van der Waals surface area contributed by atoms with Crippen molar-refractivity contribution in [3.8, 4) is 11.5 Å². The lowest BCUT2D eigenvalue weighted by molar-refractivity contribution is -0.118. The molecule has 2 heterocycles. The van der Waals surface area contributed by atoms with Gasteiger partial charge in [0.1, 0.15) is 0 Å². The monoisotopic (exact) mass is 356 g/mol. The van der Waals surface area contributed by atoms with Gasteiger partial charge in [0.2, 0.25) is 11.6 Å². The molecule has 8 heteroatoms. The van der Waals surface area contributed by atoms with Crippen LogP contribution in [0.1, 0.15) is 38.3 Å². The number of allylic oxidation sites excluding steroid dienone is 1. The van der Waals surface area contributed by atoms with Gasteiger partial charge in [-0.25, -0.2) is 4.63 Å². The number of hydrogen-bond acceptors (Lipinski definition) is 8. The van der Waals surface area contributed by atoms with E-state index in [1.54, 1.807) is 12.1 Å². The number of ketones is 1. The molecule has 0 bridgehead atoms. The number of anilines is 2. The molecule has 1 atom stereocenters. The van der Waals surface area contributed by atoms with Gasteiger partial charge in [0.15, 0.2) is 17.3 Å². The first-order chi connectivity index (χ1) is 12.4. The van der Waals surface area contributed by atoms with Gasteiger partial charge >= 0.3 is 0 Å². The van der Waals surface area contributed by atoms with Crippen LogP contribution in [0.3, 0.4) is 0 Å². The third kappa shape index (κ3) is 2.67. The molecule has 4 rings (SSSR count). The smallest absolute Gasteiger partial charge is 0.219 e. The van der Waals surface area contributed by atoms with E-state index in [0.29, 0.717) is 35.8 Å². The number of carbonyl (C=O) groups excluding carboxylic acids is 1. The quantitative estimate of drug-likeness (QED) is 0.753. The number of benzene rings is 1. The molecule has 8 nitrogen and oxygen atoms in total. The van der Waals surface area contributed by atoms with Crippen molar-refractivity contribution in [1.29, 1.82) is 0 Å². The summed E-state index contributed by atoms with van der Waals surface area (Å²) in [7, 11) is 1.49. The fourth-order valence-electron chi connectivity index (χ4n) is 3.63. The first-order valence-corrected chi connectivity index (χ1v) is 8.37. The minimum absolute atomic E-state index is 0.00763. The highest BCUT2D eigenvalue weighted by atomic mass is 16.6. The molecule has 0 amide bonds. The number of phenols is 1. The summed E-state index contributed by atoms with van der Waals surface area (Å²) in [6.07, 6.45) is 1.14. The van der Waals surface area contributed by atoms with E-state index in [2.05, 4.69) is 34.8 Å². The van der Waals surface area contributed by atoms with Crippen LogP contribution in [-0.4, -0.2) is 28.3 Å². The molecule has 0 spiro atoms. The van der Waals surface area contributed by atoms with Crippen molar-refractivity contribution in [1.82, 2.24) is 10.3 Å². The largest absolute Gasteiger partial charge is 0.504 e. The Bertz CT molecular complexity index is 916. The first-order valence-electron chi connectivity index (χ1n) is 8.37. The number of phenolic OH excluding ortho intramolecular Hbond substituents is 1. The number of aromatic hydroxyl groups is 1. The summed E-state index contributed by atoms with van der Waals surface area (Å²) in [5, 5.41) is 24.4. The maximum Gasteiger partial charge on any atom is 0.219 e. The summed E-state index contributed by atoms with van der Waals surface area (Å²) in [6, 6.07) is 4.59. The highest BCUT2D eigenvalue weighted by molar-refractivity contribution is 6.00. The van der Waals surface area contributed by atoms with E-state index in [9.17, 15) is 9.90 Å². The highest BCUT2D eigenvalue weighted by Crippen LogP contribution is 2.45. The van der Waals surface area contributed by atoms with E-state index in [4.69, 9.17) is 9.37 Å². The van der Waals surface area contributed by atoms with Crippen molar-refractivity contribution in [2.45, 2.75) is 32.7 Å². The maximum atomic E-state index is 13.0. The van der Waals surface area contributed by atoms with Gasteiger partial charge in [-0.3, -0.25) is 4.79 Å². The average Bonchev–Trinajstić information content (AvgIpc) is 2.93. The number of rotatable bonds is 2. The van der Waals surface area contributed by atoms with E-state index in [0.717, 1.165) is 11.3 Å². The van der Waals surface area contributed by atoms with Gasteiger partial charge in [0.05, 0.1) is 13.2 Å². The van der Waals surface area contributed by atoms with Crippen LogP contribution < -0.4 is 15.4 Å². The van der Waals surface area contributed by atoms with E-state index in [1.807, 2.05) is 6.07 Å². The molecule has 2 aliphatic rings. The second-order valence-corrected chi connectivity index (χ2v) is 7.43. The lowest BCUT2D eigenvalue weighted by Crippen LogP contribution is -2.31. The number of carbonyl (C=O) groups is 1. The lowest BCUT2D eigenvalue weighted by Gasteiger charge is -2.34. The maximum absolute atomic E-state index is 13.0. The molecule has 1 aliphatic carbocycles. The Kier molecular flexibility index (Phi) is 3.64. The molecule has 1 aliphatic heterocycles. The number of fused-ring (bicyclic) bond motifs is 1. The van der Waals surface area contributed by atoms with Crippen molar-refractivity contribution in [2.75, 3.05) is 17.7 Å². The SMILES string of the molecule is COc1ccc(C2Nc3nonc3NC3=C2C(=O)CC(C)(C)C3)cc1O. The van der Waals surface area contributed by atoms with Crippen LogP contribution >= 0.6 is 0 Å². The number of Topliss-reactive ketones (excluding diaryl/α,β-unsaturated/α-hetero) is 1. The molecule has 1 aromatic carbocycles. The summed E-state index contributed by atoms with van der Waals surface area (Å²) < 4.78 is 9.94. The van der Waals surface area contributed by atoms with Crippen molar-refractivity contribution >= 4 is 17.4 Å². The number of hydrogen-bond donors (Lipinski definition) is 3. The van der Waals surface area contributed by atoms with Crippen LogP contribution in [0.4, 0.5) is 11.6 Å². The van der Waals surface area contributed by atoms with Crippen molar-refractivity contribution in [3.63, 3.8) is 0 Å². The van der Waals surface area contributed by atoms with Gasteiger partial charge in [-0.2, -0.15) is 0 Å². The summed E-state index contributed by atoms with van der Waals surface area (Å²) in [4.78, 5) is 13.0. The van der Waals surface area contributed by atoms with Gasteiger partial charge in [-0.15, -0.1) is 0 Å². The van der Waals surface area contributed by atoms with E-state index in [1.165, 1.54) is 7.11 Å². The minimum atomic E-state index is -0.481. The molecule has 2 aromatic rings. The summed E-state index contributed by atoms with van der Waals surface area (Å²) in [5.41, 5.74) is 2.00. The molecule has 0 fully saturated rings. The molecule has 0 saturated heterocycles. The number of methoxy groups -OCH3 is 1. The van der Waals surface area contributed by atoms with Crippen LogP contribution in [-0.2, 0) is 4.79 Å². The van der Waals surface area contributed by atoms with Crippen molar-refractivity contribution in [2.24, 2.45) is 5.41 Å². The average molecular weight is 356 g/mol. The van der Waals surface area contributed by atoms with Gasteiger partial charge in [0, 0.05) is 17.7 Å². The fraction of sp³-hybridized carbons (Fsp3) is 0.389. The molecular formula is C18H20N4O4. The Hall–Kier alpha value is -3.03. The van der Waals surface area contributed by atoms with Crippen LogP contribution in [0.15, 0.2) is 34.1 Å². The van der Waals surface area contributed by atoms with Crippen molar-refractivity contribution < 1.29 is 19.3 Å². The normalized spacial score (nSPS) is 21.2. The standard InChI is InChI=1S/C18H20N4O4/c1-18(2)7-10-14(12(24)8-18)15(20-17-16(19-10)21-26-22-17)9-4-5-13(25-3)11(23)6-9/h4-6,15,23H,7-8H2,1-3H3,(H,19,21)(H,20,22). The molecule has 1 aromatic heterocycles. The molecule has 26 heavy (non-hydrogen) atoms. The molecular weight excluding hydrogens is 336 g/mol. The Balaban J connectivity index is 1.86. The number of aromatic nitrogens is 2. The van der Waals surface area contributed by atoms with Gasteiger partial charge < -0.3 is 20.5 Å². The van der Waals surface area contributed by atoms with Crippen LogP contribution in [0, 0.1) is 5.41 Å². The third-order valence-electron chi connectivity index (χ3n) is 4.78. The predicted molar refractivity (Wildman–Crippen MR) is 94.0 cm³/mol. The van der Waals surface area contributed by atoms with E-state index in [-0.39, 0.29) is 16.9 Å². The number of ether oxygens (including phenoxy) is 1. The molecule has 0 saturated carbocycles. The van der Waals surface area contributed by atoms with Crippen LogP contribution in [0.25, 0.3) is 0 Å². The molecule has 3 N–H and O–H groups in total. The Morgan fingerprint density at radius 2 is 2.04 bits per heavy atom. The second kappa shape index (κ2) is 5.76. The summed E-state index contributed by atoms with van der Waals surface area (Å²) >= 11 is 0. The number of nitrogens with zero attached hydrogens (tertiary/aromatic N) is 2. The molecule has 0 radical (unpaired) electrons. The predicted octanol–water partition coefficient (Wildman–Crippen LogP) is 3.01. The van der Waals surface area contributed by atoms with Crippen LogP contribution in [0.2, 0.25) is 0 Å². The Morgan fingerprint density at radius 1 is 1.27 bits per heavy atom. The minimum Gasteiger partial charge on any atom is -0.504 e. The van der Waals surface area contributed by atoms with E-state index < -0.39 is 6.04 Å². The molecule has 1 unspecified atom stereocenters. The Labute approximate surface area is 150 Å². The fourth-order valence-corrected chi connectivity index (χ4v) is 3.63. The zero-order chi connectivity index (χ0) is 18.5. The highest BCUT2D eigenvalue weighted by Gasteiger charge is 2.39. The van der Waals surface area contributed by atoms with Gasteiger partial charge in [0.25, 0.3) is 0 Å². The number of nitrogens with one attached hydrogen (secondary N) is 2. The Morgan fingerprint density at radius 3 is 2.77 bits per heavy atom. The summed E-state index contributed by atoms with van der Waals surface area (Å²) in [6.45, 7) is 4.12. The topological polar surface area (TPSA) is 110 Å². The van der Waals surface area contributed by atoms with Gasteiger partial charge in [-0.1, -0.05) is 19.9 Å². The zero-order valence-electron chi connectivity index (χ0n) is 14.8. The summed E-state index contributed by atoms with van der Waals surface area (Å²) in [5.74, 6) is 1.30. The lowest BCUT2D eigenvalue weighted by atomic mass is 9.73. The zero-order valence-corrected chi connectivity index (χ0v) is 14.8. The second-order valence-electron chi connectivity index (χ2n) is 7.43. The van der Waals surface area contributed by atoms with Gasteiger partial charge in [-0.05, 0) is 39.8 Å². The first kappa shape index (κ1) is 16.4. The van der Waals surface area contributed by atoms with Crippen molar-refractivity contribution in [3.05, 3.63) is 35.0 Å². The van der Waals surface area contributed by atoms with Crippen LogP contribution in [0.5, 0.6) is 11.5 Å².